The maximum atomic E-state index is 6.26. The topological polar surface area (TPSA) is 102 Å². The van der Waals surface area contributed by atoms with Crippen LogP contribution >= 0.6 is 0 Å². The van der Waals surface area contributed by atoms with E-state index in [4.69, 9.17) is 17.2 Å². The van der Waals surface area contributed by atoms with Crippen molar-refractivity contribution in [2.75, 3.05) is 13.1 Å². The quantitative estimate of drug-likeness (QED) is 0.0970. The van der Waals surface area contributed by atoms with Gasteiger partial charge in [0, 0.05) is 6.04 Å². The number of nitrogens with two attached hydrogens (primary N) is 3. The van der Waals surface area contributed by atoms with Crippen LogP contribution in [0.15, 0.2) is 4.99 Å². The van der Waals surface area contributed by atoms with Crippen LogP contribution in [0.4, 0.5) is 0 Å². The second-order valence-electron chi connectivity index (χ2n) is 9.12. The minimum Gasteiger partial charge on any atom is -0.370 e. The van der Waals surface area contributed by atoms with Crippen LogP contribution in [0.5, 0.6) is 0 Å². The largest absolute Gasteiger partial charge is 0.370 e. The first kappa shape index (κ1) is 29.2. The van der Waals surface area contributed by atoms with Crippen molar-refractivity contribution in [2.24, 2.45) is 22.2 Å². The second-order valence-corrected chi connectivity index (χ2v) is 9.12. The first-order valence-corrected chi connectivity index (χ1v) is 13.1. The molecule has 5 heteroatoms. The molecule has 0 saturated carbocycles. The molecule has 2 unspecified atom stereocenters. The molecule has 0 amide bonds. The Morgan fingerprint density at radius 2 is 1.10 bits per heavy atom. The van der Waals surface area contributed by atoms with Crippen LogP contribution in [-0.2, 0) is 0 Å². The molecule has 5 nitrogen and oxygen atoms in total. The Balaban J connectivity index is 3.71. The van der Waals surface area contributed by atoms with Gasteiger partial charge in [0.05, 0.1) is 6.04 Å². The molecule has 0 fully saturated rings. The van der Waals surface area contributed by atoms with Crippen molar-refractivity contribution in [3.05, 3.63) is 0 Å². The highest BCUT2D eigenvalue weighted by molar-refractivity contribution is 5.75. The minimum absolute atomic E-state index is 0.223. The van der Waals surface area contributed by atoms with E-state index >= 15 is 0 Å². The molecule has 0 aromatic carbocycles. The molecule has 2 atom stereocenters. The van der Waals surface area contributed by atoms with Gasteiger partial charge in [-0.15, -0.1) is 0 Å². The molecule has 0 spiro atoms. The van der Waals surface area contributed by atoms with Gasteiger partial charge in [-0.05, 0) is 38.8 Å². The van der Waals surface area contributed by atoms with Crippen LogP contribution in [0, 0.1) is 0 Å². The summed E-state index contributed by atoms with van der Waals surface area (Å²) in [4.78, 5) is 4.45. The lowest BCUT2D eigenvalue weighted by Gasteiger charge is -2.15. The Kier molecular flexibility index (Phi) is 22.2. The number of hydrogen-bond acceptors (Lipinski definition) is 3. The summed E-state index contributed by atoms with van der Waals surface area (Å²) in [6.45, 7) is 6.48. The third-order valence-corrected chi connectivity index (χ3v) is 6.00. The van der Waals surface area contributed by atoms with Gasteiger partial charge in [0.1, 0.15) is 0 Å². The van der Waals surface area contributed by atoms with Crippen molar-refractivity contribution in [3.63, 3.8) is 0 Å². The predicted molar refractivity (Wildman–Crippen MR) is 135 cm³/mol. The fraction of sp³-hybridized carbons (Fsp3) is 0.960. The zero-order chi connectivity index (χ0) is 22.3. The summed E-state index contributed by atoms with van der Waals surface area (Å²) in [5.41, 5.74) is 17.5. The van der Waals surface area contributed by atoms with Gasteiger partial charge >= 0.3 is 0 Å². The molecule has 0 saturated heterocycles. The summed E-state index contributed by atoms with van der Waals surface area (Å²) >= 11 is 0. The predicted octanol–water partition coefficient (Wildman–Crippen LogP) is 5.61. The van der Waals surface area contributed by atoms with Crippen molar-refractivity contribution in [1.82, 2.24) is 5.32 Å². The molecule has 0 bridgehead atoms. The molecule has 0 aromatic heterocycles. The first-order chi connectivity index (χ1) is 14.6. The monoisotopic (exact) mass is 425 g/mol. The van der Waals surface area contributed by atoms with Crippen molar-refractivity contribution in [1.29, 1.82) is 0 Å². The van der Waals surface area contributed by atoms with Crippen LogP contribution in [-0.4, -0.2) is 31.1 Å². The summed E-state index contributed by atoms with van der Waals surface area (Å²) in [7, 11) is 0. The third kappa shape index (κ3) is 21.9. The Labute approximate surface area is 188 Å². The fourth-order valence-corrected chi connectivity index (χ4v) is 4.01. The number of unbranched alkanes of at least 4 members (excludes halogenated alkanes) is 12. The maximum Gasteiger partial charge on any atom is 0.186 e. The van der Waals surface area contributed by atoms with E-state index in [-0.39, 0.29) is 12.0 Å². The van der Waals surface area contributed by atoms with E-state index in [2.05, 4.69) is 24.2 Å². The minimum atomic E-state index is 0.223. The van der Waals surface area contributed by atoms with Crippen LogP contribution in [0.1, 0.15) is 129 Å². The first-order valence-electron chi connectivity index (χ1n) is 13.1. The highest BCUT2D eigenvalue weighted by Gasteiger charge is 2.08. The number of nitrogens with zero attached hydrogens (tertiary/aromatic N) is 1. The Morgan fingerprint density at radius 3 is 1.63 bits per heavy atom. The highest BCUT2D eigenvalue weighted by atomic mass is 15.0. The molecule has 7 N–H and O–H groups in total. The Bertz CT molecular complexity index is 369. The van der Waals surface area contributed by atoms with E-state index in [1.807, 2.05) is 0 Å². The molecule has 0 rings (SSSR count). The van der Waals surface area contributed by atoms with Crippen molar-refractivity contribution in [3.8, 4) is 0 Å². The molecule has 0 aliphatic heterocycles. The van der Waals surface area contributed by atoms with Gasteiger partial charge in [0.15, 0.2) is 5.96 Å². The lowest BCUT2D eigenvalue weighted by atomic mass is 10.0. The van der Waals surface area contributed by atoms with Gasteiger partial charge in [-0.25, -0.2) is 0 Å². The number of guanidine groups is 1. The van der Waals surface area contributed by atoms with Gasteiger partial charge in [0.2, 0.25) is 0 Å². The summed E-state index contributed by atoms with van der Waals surface area (Å²) in [6, 6.07) is 0.578. The summed E-state index contributed by atoms with van der Waals surface area (Å²) < 4.78 is 0. The van der Waals surface area contributed by atoms with Crippen molar-refractivity contribution in [2.45, 2.75) is 142 Å². The number of rotatable bonds is 23. The van der Waals surface area contributed by atoms with Gasteiger partial charge in [-0.1, -0.05) is 104 Å². The molecular formula is C25H55N5. The Hall–Kier alpha value is -0.810. The normalized spacial score (nSPS) is 13.3. The van der Waals surface area contributed by atoms with Gasteiger partial charge in [-0.2, -0.15) is 0 Å². The third-order valence-electron chi connectivity index (χ3n) is 6.00. The Morgan fingerprint density at radius 1 is 0.633 bits per heavy atom. The zero-order valence-electron chi connectivity index (χ0n) is 20.5. The van der Waals surface area contributed by atoms with Crippen LogP contribution in [0.2, 0.25) is 0 Å². The summed E-state index contributed by atoms with van der Waals surface area (Å²) in [5.74, 6) is 0.223. The molecule has 30 heavy (non-hydrogen) atoms. The maximum absolute atomic E-state index is 6.26. The van der Waals surface area contributed by atoms with Crippen molar-refractivity contribution >= 4 is 5.96 Å². The molecule has 180 valence electrons. The number of nitrogens with one attached hydrogen (secondary N) is 1. The number of hydrogen-bond donors (Lipinski definition) is 4. The van der Waals surface area contributed by atoms with E-state index in [9.17, 15) is 0 Å². The standard InChI is InChI=1S/C25H55N5/c1-3-5-7-9-11-12-14-16-18-24(30-25(27)28)20-22-29-21-19-23(26)17-15-13-10-8-6-4-2/h23-24,29H,3-22,26H2,1-2H3,(H4,27,28,30). The molecule has 0 aliphatic carbocycles. The van der Waals surface area contributed by atoms with E-state index in [0.29, 0.717) is 6.04 Å². The summed E-state index contributed by atoms with van der Waals surface area (Å²) in [6.07, 6.45) is 23.0. The van der Waals surface area contributed by atoms with Gasteiger partial charge in [0.25, 0.3) is 0 Å². The molecular weight excluding hydrogens is 370 g/mol. The lowest BCUT2D eigenvalue weighted by Crippen LogP contribution is -2.29. The van der Waals surface area contributed by atoms with Gasteiger partial charge in [-0.3, -0.25) is 4.99 Å². The van der Waals surface area contributed by atoms with Crippen LogP contribution in [0.3, 0.4) is 0 Å². The van der Waals surface area contributed by atoms with E-state index in [0.717, 1.165) is 38.8 Å². The second kappa shape index (κ2) is 22.9. The average Bonchev–Trinajstić information content (AvgIpc) is 2.71. The molecule has 0 aromatic rings. The molecule has 0 radical (unpaired) electrons. The van der Waals surface area contributed by atoms with Gasteiger partial charge < -0.3 is 22.5 Å². The molecule has 0 aliphatic rings. The van der Waals surface area contributed by atoms with Crippen molar-refractivity contribution < 1.29 is 0 Å². The zero-order valence-corrected chi connectivity index (χ0v) is 20.5. The van der Waals surface area contributed by atoms with Crippen LogP contribution in [0.25, 0.3) is 0 Å². The van der Waals surface area contributed by atoms with E-state index in [1.165, 1.54) is 89.9 Å². The fourth-order valence-electron chi connectivity index (χ4n) is 4.01. The van der Waals surface area contributed by atoms with E-state index < -0.39 is 0 Å². The molecule has 0 heterocycles. The smallest absolute Gasteiger partial charge is 0.186 e. The lowest BCUT2D eigenvalue weighted by molar-refractivity contribution is 0.471. The van der Waals surface area contributed by atoms with E-state index in [1.54, 1.807) is 0 Å². The van der Waals surface area contributed by atoms with Crippen LogP contribution < -0.4 is 22.5 Å². The average molecular weight is 426 g/mol. The SMILES string of the molecule is CCCCCCCCCCC(CCNCCC(N)CCCCCCCC)N=C(N)N. The highest BCUT2D eigenvalue weighted by Crippen LogP contribution is 2.13. The summed E-state index contributed by atoms with van der Waals surface area (Å²) in [5, 5.41) is 3.54. The number of aliphatic imine (C=N–C) groups is 1.